The molecule has 0 aliphatic heterocycles. The van der Waals surface area contributed by atoms with Crippen LogP contribution in [0.1, 0.15) is 53.3 Å². The maximum atomic E-state index is 10.7. The molecule has 6 heteroatoms. The van der Waals surface area contributed by atoms with E-state index in [4.69, 9.17) is 5.11 Å². The first-order valence-electron chi connectivity index (χ1n) is 6.90. The lowest BCUT2D eigenvalue weighted by Gasteiger charge is -2.28. The summed E-state index contributed by atoms with van der Waals surface area (Å²) in [5, 5.41) is 17.9. The Morgan fingerprint density at radius 2 is 1.90 bits per heavy atom. The van der Waals surface area contributed by atoms with Crippen molar-refractivity contribution in [2.24, 2.45) is 11.3 Å². The first-order chi connectivity index (χ1) is 9.12. The van der Waals surface area contributed by atoms with E-state index in [2.05, 4.69) is 56.3 Å². The smallest absolute Gasteiger partial charge is 0.313 e. The SMILES string of the molecule is CC(C)c1nnc(SCC(=O)O)n1CC(C)C(C)(C)C. The summed E-state index contributed by atoms with van der Waals surface area (Å²) in [5.74, 6) is 0.822. The van der Waals surface area contributed by atoms with Crippen molar-refractivity contribution in [3.05, 3.63) is 5.82 Å². The summed E-state index contributed by atoms with van der Waals surface area (Å²) in [7, 11) is 0. The highest BCUT2D eigenvalue weighted by Crippen LogP contribution is 2.30. The van der Waals surface area contributed by atoms with Crippen LogP contribution in [-0.2, 0) is 11.3 Å². The third-order valence-electron chi connectivity index (χ3n) is 3.52. The van der Waals surface area contributed by atoms with Gasteiger partial charge in [0.2, 0.25) is 0 Å². The van der Waals surface area contributed by atoms with E-state index in [1.54, 1.807) is 0 Å². The van der Waals surface area contributed by atoms with Gasteiger partial charge in [-0.15, -0.1) is 10.2 Å². The van der Waals surface area contributed by atoms with Gasteiger partial charge in [-0.05, 0) is 11.3 Å². The fourth-order valence-electron chi connectivity index (χ4n) is 1.68. The Bertz CT molecular complexity index is 463. The molecule has 1 atom stereocenters. The predicted octanol–water partition coefficient (Wildman–Crippen LogP) is 3.26. The summed E-state index contributed by atoms with van der Waals surface area (Å²) >= 11 is 1.24. The van der Waals surface area contributed by atoms with Crippen LogP contribution in [0.3, 0.4) is 0 Å². The summed E-state index contributed by atoms with van der Waals surface area (Å²) in [4.78, 5) is 10.7. The zero-order chi connectivity index (χ0) is 15.5. The van der Waals surface area contributed by atoms with Crippen LogP contribution in [0.2, 0.25) is 0 Å². The molecule has 0 aliphatic carbocycles. The van der Waals surface area contributed by atoms with E-state index in [1.165, 1.54) is 11.8 Å². The van der Waals surface area contributed by atoms with Crippen molar-refractivity contribution in [2.75, 3.05) is 5.75 Å². The Kier molecular flexibility index (Phi) is 5.62. The Morgan fingerprint density at radius 3 is 2.35 bits per heavy atom. The monoisotopic (exact) mass is 299 g/mol. The molecule has 1 heterocycles. The average Bonchev–Trinajstić information content (AvgIpc) is 2.68. The molecule has 5 nitrogen and oxygen atoms in total. The van der Waals surface area contributed by atoms with E-state index in [0.717, 1.165) is 12.4 Å². The number of carboxylic acids is 1. The van der Waals surface area contributed by atoms with Crippen LogP contribution in [0.5, 0.6) is 0 Å². The van der Waals surface area contributed by atoms with Crippen molar-refractivity contribution in [3.63, 3.8) is 0 Å². The summed E-state index contributed by atoms with van der Waals surface area (Å²) in [6, 6.07) is 0. The Morgan fingerprint density at radius 1 is 1.30 bits per heavy atom. The van der Waals surface area contributed by atoms with E-state index >= 15 is 0 Å². The molecule has 0 fully saturated rings. The highest BCUT2D eigenvalue weighted by atomic mass is 32.2. The van der Waals surface area contributed by atoms with Crippen LogP contribution in [-0.4, -0.2) is 31.6 Å². The number of aliphatic carboxylic acids is 1. The first kappa shape index (κ1) is 17.0. The minimum Gasteiger partial charge on any atom is -0.481 e. The number of hydrogen-bond acceptors (Lipinski definition) is 4. The highest BCUT2D eigenvalue weighted by molar-refractivity contribution is 7.99. The minimum absolute atomic E-state index is 0.0140. The molecule has 114 valence electrons. The van der Waals surface area contributed by atoms with E-state index in [1.807, 2.05) is 0 Å². The molecule has 1 aromatic rings. The molecule has 0 amide bonds. The van der Waals surface area contributed by atoms with Gasteiger partial charge in [0.25, 0.3) is 0 Å². The van der Waals surface area contributed by atoms with Crippen LogP contribution < -0.4 is 0 Å². The second-order valence-electron chi connectivity index (χ2n) is 6.56. The minimum atomic E-state index is -0.834. The highest BCUT2D eigenvalue weighted by Gasteiger charge is 2.24. The van der Waals surface area contributed by atoms with Gasteiger partial charge in [0.15, 0.2) is 5.16 Å². The number of hydrogen-bond donors (Lipinski definition) is 1. The molecule has 1 rings (SSSR count). The Labute approximate surface area is 125 Å². The van der Waals surface area contributed by atoms with Crippen LogP contribution in [0.4, 0.5) is 0 Å². The van der Waals surface area contributed by atoms with Gasteiger partial charge in [0.05, 0.1) is 5.75 Å². The van der Waals surface area contributed by atoms with Gasteiger partial charge in [-0.25, -0.2) is 0 Å². The fraction of sp³-hybridized carbons (Fsp3) is 0.786. The van der Waals surface area contributed by atoms with Gasteiger partial charge < -0.3 is 9.67 Å². The molecule has 0 saturated heterocycles. The van der Waals surface area contributed by atoms with E-state index in [9.17, 15) is 4.79 Å². The van der Waals surface area contributed by atoms with Crippen molar-refractivity contribution < 1.29 is 9.90 Å². The molecular formula is C14H25N3O2S. The number of carboxylic acid groups (broad SMARTS) is 1. The third-order valence-corrected chi connectivity index (χ3v) is 4.47. The Balaban J connectivity index is 3.00. The zero-order valence-corrected chi connectivity index (χ0v) is 14.0. The molecule has 1 N–H and O–H groups in total. The number of aromatic nitrogens is 3. The third kappa shape index (κ3) is 4.51. The molecule has 20 heavy (non-hydrogen) atoms. The van der Waals surface area contributed by atoms with E-state index in [0.29, 0.717) is 11.1 Å². The number of rotatable bonds is 6. The standard InChI is InChI=1S/C14H25N3O2S/c1-9(2)12-15-16-13(20-8-11(18)19)17(12)7-10(3)14(4,5)6/h9-10H,7-8H2,1-6H3,(H,18,19). The summed E-state index contributed by atoms with van der Waals surface area (Å²) in [5.41, 5.74) is 0.188. The van der Waals surface area contributed by atoms with Gasteiger partial charge in [0.1, 0.15) is 5.82 Å². The lowest BCUT2D eigenvalue weighted by molar-refractivity contribution is -0.133. The normalized spacial score (nSPS) is 13.8. The average molecular weight is 299 g/mol. The second-order valence-corrected chi connectivity index (χ2v) is 7.50. The second kappa shape index (κ2) is 6.61. The quantitative estimate of drug-likeness (QED) is 0.817. The molecule has 0 spiro atoms. The van der Waals surface area contributed by atoms with E-state index in [-0.39, 0.29) is 17.1 Å². The zero-order valence-electron chi connectivity index (χ0n) is 13.2. The maximum Gasteiger partial charge on any atom is 0.313 e. The molecule has 0 aromatic carbocycles. The van der Waals surface area contributed by atoms with Gasteiger partial charge in [0, 0.05) is 12.5 Å². The van der Waals surface area contributed by atoms with Crippen molar-refractivity contribution >= 4 is 17.7 Å². The lowest BCUT2D eigenvalue weighted by Crippen LogP contribution is -2.24. The first-order valence-corrected chi connectivity index (χ1v) is 7.89. The topological polar surface area (TPSA) is 68.0 Å². The largest absolute Gasteiger partial charge is 0.481 e. The van der Waals surface area contributed by atoms with Crippen molar-refractivity contribution in [1.82, 2.24) is 14.8 Å². The molecule has 1 unspecified atom stereocenters. The number of nitrogens with zero attached hydrogens (tertiary/aromatic N) is 3. The molecule has 0 radical (unpaired) electrons. The van der Waals surface area contributed by atoms with Crippen LogP contribution >= 0.6 is 11.8 Å². The lowest BCUT2D eigenvalue weighted by atomic mass is 9.82. The summed E-state index contributed by atoms with van der Waals surface area (Å²) in [6.45, 7) is 13.8. The van der Waals surface area contributed by atoms with Crippen LogP contribution in [0.25, 0.3) is 0 Å². The Hall–Kier alpha value is -1.04. The molecule has 0 saturated carbocycles. The molecule has 0 aliphatic rings. The molecular weight excluding hydrogens is 274 g/mol. The number of carbonyl (C=O) groups is 1. The van der Waals surface area contributed by atoms with Gasteiger partial charge in [-0.1, -0.05) is 53.3 Å². The van der Waals surface area contributed by atoms with Crippen LogP contribution in [0.15, 0.2) is 5.16 Å². The summed E-state index contributed by atoms with van der Waals surface area (Å²) < 4.78 is 2.08. The fourth-order valence-corrected chi connectivity index (χ4v) is 2.35. The maximum absolute atomic E-state index is 10.7. The van der Waals surface area contributed by atoms with Crippen molar-refractivity contribution in [1.29, 1.82) is 0 Å². The molecule has 0 bridgehead atoms. The van der Waals surface area contributed by atoms with Crippen LogP contribution in [0, 0.1) is 11.3 Å². The van der Waals surface area contributed by atoms with Gasteiger partial charge in [-0.2, -0.15) is 0 Å². The summed E-state index contributed by atoms with van der Waals surface area (Å²) in [6.07, 6.45) is 0. The van der Waals surface area contributed by atoms with Crippen molar-refractivity contribution in [3.8, 4) is 0 Å². The van der Waals surface area contributed by atoms with Crippen molar-refractivity contribution in [2.45, 2.75) is 59.2 Å². The van der Waals surface area contributed by atoms with Gasteiger partial charge >= 0.3 is 5.97 Å². The number of thioether (sulfide) groups is 1. The van der Waals surface area contributed by atoms with Gasteiger partial charge in [-0.3, -0.25) is 4.79 Å². The van der Waals surface area contributed by atoms with E-state index < -0.39 is 5.97 Å². The predicted molar refractivity (Wildman–Crippen MR) is 81.1 cm³/mol. The molecule has 1 aromatic heterocycles.